The topological polar surface area (TPSA) is 52.6 Å². The van der Waals surface area contributed by atoms with E-state index in [0.717, 1.165) is 6.42 Å². The zero-order chi connectivity index (χ0) is 16.5. The van der Waals surface area contributed by atoms with E-state index in [9.17, 15) is 9.59 Å². The largest absolute Gasteiger partial charge is 0.465 e. The SMILES string of the molecule is CC(C)COC(=O)CCCC(=O)OCC(C)CC(C)(C)C. The summed E-state index contributed by atoms with van der Waals surface area (Å²) in [6.45, 7) is 13.5. The van der Waals surface area contributed by atoms with Gasteiger partial charge in [0, 0.05) is 12.8 Å². The van der Waals surface area contributed by atoms with Crippen LogP contribution in [0.15, 0.2) is 0 Å². The van der Waals surface area contributed by atoms with Gasteiger partial charge in [-0.2, -0.15) is 0 Å². The quantitative estimate of drug-likeness (QED) is 0.605. The Balaban J connectivity index is 3.69. The predicted octanol–water partition coefficient (Wildman–Crippen LogP) is 3.97. The highest BCUT2D eigenvalue weighted by molar-refractivity contribution is 5.72. The monoisotopic (exact) mass is 300 g/mol. The summed E-state index contributed by atoms with van der Waals surface area (Å²) in [5, 5.41) is 0. The van der Waals surface area contributed by atoms with Crippen molar-refractivity contribution >= 4 is 11.9 Å². The first-order chi connectivity index (χ1) is 9.60. The lowest BCUT2D eigenvalue weighted by Crippen LogP contribution is -2.18. The van der Waals surface area contributed by atoms with Gasteiger partial charge in [-0.05, 0) is 30.1 Å². The smallest absolute Gasteiger partial charge is 0.305 e. The molecule has 0 aromatic heterocycles. The molecule has 0 heterocycles. The molecule has 124 valence electrons. The predicted molar refractivity (Wildman–Crippen MR) is 83.8 cm³/mol. The number of rotatable bonds is 9. The third kappa shape index (κ3) is 13.7. The van der Waals surface area contributed by atoms with Crippen LogP contribution >= 0.6 is 0 Å². The lowest BCUT2D eigenvalue weighted by molar-refractivity contribution is -0.146. The third-order valence-electron chi connectivity index (χ3n) is 2.83. The summed E-state index contributed by atoms with van der Waals surface area (Å²) in [6, 6.07) is 0. The molecule has 4 nitrogen and oxygen atoms in total. The van der Waals surface area contributed by atoms with Gasteiger partial charge in [-0.15, -0.1) is 0 Å². The maximum Gasteiger partial charge on any atom is 0.305 e. The highest BCUT2D eigenvalue weighted by atomic mass is 16.5. The van der Waals surface area contributed by atoms with Crippen molar-refractivity contribution in [2.24, 2.45) is 17.3 Å². The number of hydrogen-bond donors (Lipinski definition) is 0. The molecule has 0 aromatic carbocycles. The molecule has 1 atom stereocenters. The molecule has 0 saturated heterocycles. The fourth-order valence-electron chi connectivity index (χ4n) is 2.12. The molecule has 0 aliphatic carbocycles. The molecule has 0 bridgehead atoms. The molecule has 0 radical (unpaired) electrons. The minimum atomic E-state index is -0.238. The van der Waals surface area contributed by atoms with Crippen LogP contribution in [0.4, 0.5) is 0 Å². The molecule has 0 N–H and O–H groups in total. The summed E-state index contributed by atoms with van der Waals surface area (Å²) >= 11 is 0. The normalized spacial score (nSPS) is 13.1. The van der Waals surface area contributed by atoms with Crippen LogP contribution in [0.3, 0.4) is 0 Å². The minimum absolute atomic E-state index is 0.229. The van der Waals surface area contributed by atoms with E-state index < -0.39 is 0 Å². The number of hydrogen-bond acceptors (Lipinski definition) is 4. The first kappa shape index (κ1) is 19.9. The Morgan fingerprint density at radius 2 is 1.38 bits per heavy atom. The van der Waals surface area contributed by atoms with Crippen LogP contribution in [0.5, 0.6) is 0 Å². The van der Waals surface area contributed by atoms with Gasteiger partial charge in [0.15, 0.2) is 0 Å². The van der Waals surface area contributed by atoms with Gasteiger partial charge < -0.3 is 9.47 Å². The molecule has 0 fully saturated rings. The van der Waals surface area contributed by atoms with Gasteiger partial charge in [-0.25, -0.2) is 0 Å². The zero-order valence-electron chi connectivity index (χ0n) is 14.5. The molecule has 0 rings (SSSR count). The highest BCUT2D eigenvalue weighted by Crippen LogP contribution is 2.24. The van der Waals surface area contributed by atoms with Crippen LogP contribution in [0.2, 0.25) is 0 Å². The average molecular weight is 300 g/mol. The van der Waals surface area contributed by atoms with E-state index in [1.807, 2.05) is 13.8 Å². The Bertz CT molecular complexity index is 315. The van der Waals surface area contributed by atoms with E-state index >= 15 is 0 Å². The molecule has 1 unspecified atom stereocenters. The van der Waals surface area contributed by atoms with Crippen molar-refractivity contribution in [3.05, 3.63) is 0 Å². The lowest BCUT2D eigenvalue weighted by Gasteiger charge is -2.22. The van der Waals surface area contributed by atoms with Gasteiger partial charge in [-0.3, -0.25) is 9.59 Å². The number of carbonyl (C=O) groups is 2. The Morgan fingerprint density at radius 3 is 1.81 bits per heavy atom. The van der Waals surface area contributed by atoms with Crippen LogP contribution in [0.25, 0.3) is 0 Å². The van der Waals surface area contributed by atoms with Crippen molar-refractivity contribution in [1.29, 1.82) is 0 Å². The van der Waals surface area contributed by atoms with Gasteiger partial charge in [0.1, 0.15) is 0 Å². The summed E-state index contributed by atoms with van der Waals surface area (Å²) in [4.78, 5) is 23.0. The molecular weight excluding hydrogens is 268 g/mol. The van der Waals surface area contributed by atoms with Crippen molar-refractivity contribution in [2.45, 2.75) is 67.2 Å². The summed E-state index contributed by atoms with van der Waals surface area (Å²) < 4.78 is 10.3. The first-order valence-corrected chi connectivity index (χ1v) is 7.91. The molecular formula is C17H32O4. The van der Waals surface area contributed by atoms with Gasteiger partial charge in [0.25, 0.3) is 0 Å². The molecule has 0 aromatic rings. The third-order valence-corrected chi connectivity index (χ3v) is 2.83. The van der Waals surface area contributed by atoms with Crippen LogP contribution < -0.4 is 0 Å². The van der Waals surface area contributed by atoms with Crippen LogP contribution in [0, 0.1) is 17.3 Å². The Labute approximate surface area is 129 Å². The molecule has 4 heteroatoms. The Hall–Kier alpha value is -1.06. The van der Waals surface area contributed by atoms with Crippen molar-refractivity contribution in [1.82, 2.24) is 0 Å². The Morgan fingerprint density at radius 1 is 0.905 bits per heavy atom. The van der Waals surface area contributed by atoms with Crippen molar-refractivity contribution in [3.63, 3.8) is 0 Å². The molecule has 0 aliphatic heterocycles. The van der Waals surface area contributed by atoms with Gasteiger partial charge >= 0.3 is 11.9 Å². The lowest BCUT2D eigenvalue weighted by atomic mass is 9.86. The van der Waals surface area contributed by atoms with E-state index in [1.54, 1.807) is 0 Å². The number of esters is 2. The van der Waals surface area contributed by atoms with E-state index in [2.05, 4.69) is 27.7 Å². The van der Waals surface area contributed by atoms with Gasteiger partial charge in [0.05, 0.1) is 13.2 Å². The first-order valence-electron chi connectivity index (χ1n) is 7.91. The summed E-state index contributed by atoms with van der Waals surface area (Å²) in [7, 11) is 0. The minimum Gasteiger partial charge on any atom is -0.465 e. The molecule has 21 heavy (non-hydrogen) atoms. The van der Waals surface area contributed by atoms with E-state index in [-0.39, 0.29) is 30.2 Å². The second-order valence-electron chi connectivity index (χ2n) is 7.48. The second kappa shape index (κ2) is 9.80. The van der Waals surface area contributed by atoms with Crippen LogP contribution in [0.1, 0.15) is 67.2 Å². The molecule has 0 amide bonds. The summed E-state index contributed by atoms with van der Waals surface area (Å²) in [5.74, 6) is 0.221. The molecule has 0 aliphatic rings. The summed E-state index contributed by atoms with van der Waals surface area (Å²) in [6.07, 6.45) is 2.06. The zero-order valence-corrected chi connectivity index (χ0v) is 14.5. The maximum absolute atomic E-state index is 11.6. The summed E-state index contributed by atoms with van der Waals surface area (Å²) in [5.41, 5.74) is 0.242. The second-order valence-corrected chi connectivity index (χ2v) is 7.48. The van der Waals surface area contributed by atoms with Gasteiger partial charge in [0.2, 0.25) is 0 Å². The average Bonchev–Trinajstić information content (AvgIpc) is 2.32. The van der Waals surface area contributed by atoms with Crippen LogP contribution in [-0.2, 0) is 19.1 Å². The molecule has 0 saturated carbocycles. The number of carbonyl (C=O) groups excluding carboxylic acids is 2. The number of ether oxygens (including phenoxy) is 2. The van der Waals surface area contributed by atoms with Crippen molar-refractivity contribution in [3.8, 4) is 0 Å². The van der Waals surface area contributed by atoms with Gasteiger partial charge in [-0.1, -0.05) is 41.5 Å². The van der Waals surface area contributed by atoms with E-state index in [1.165, 1.54) is 0 Å². The fourth-order valence-corrected chi connectivity index (χ4v) is 2.12. The van der Waals surface area contributed by atoms with Crippen molar-refractivity contribution in [2.75, 3.05) is 13.2 Å². The van der Waals surface area contributed by atoms with Crippen molar-refractivity contribution < 1.29 is 19.1 Å². The van der Waals surface area contributed by atoms with E-state index in [4.69, 9.17) is 9.47 Å². The maximum atomic E-state index is 11.6. The fraction of sp³-hybridized carbons (Fsp3) is 0.882. The molecule has 0 spiro atoms. The highest BCUT2D eigenvalue weighted by Gasteiger charge is 2.16. The van der Waals surface area contributed by atoms with Crippen LogP contribution in [-0.4, -0.2) is 25.2 Å². The Kier molecular flexibility index (Phi) is 9.31. The standard InChI is InChI=1S/C17H32O4/c1-13(2)11-20-15(18)8-7-9-16(19)21-12-14(3)10-17(4,5)6/h13-14H,7-12H2,1-6H3. The van der Waals surface area contributed by atoms with E-state index in [0.29, 0.717) is 31.5 Å².